The monoisotopic (exact) mass is 827 g/mol. The van der Waals surface area contributed by atoms with Gasteiger partial charge in [0.15, 0.2) is 0 Å². The number of likely N-dealkylation sites (tertiary alicyclic amines) is 1. The van der Waals surface area contributed by atoms with Gasteiger partial charge in [0.05, 0.1) is 28.5 Å². The molecule has 5 aliphatic rings. The van der Waals surface area contributed by atoms with Gasteiger partial charge in [-0.05, 0) is 78.6 Å². The van der Waals surface area contributed by atoms with Crippen molar-refractivity contribution in [2.45, 2.75) is 63.3 Å². The van der Waals surface area contributed by atoms with E-state index in [-0.39, 0.29) is 24.2 Å². The molecule has 4 amide bonds. The largest absolute Gasteiger partial charge is 0.487 e. The Labute approximate surface area is 353 Å². The van der Waals surface area contributed by atoms with Gasteiger partial charge in [-0.1, -0.05) is 37.6 Å². The van der Waals surface area contributed by atoms with Crippen molar-refractivity contribution < 1.29 is 23.9 Å². The number of fused-ring (bicyclic) bond motifs is 1. The maximum Gasteiger partial charge on any atom is 0.262 e. The SMILES string of the molecule is CC(C)(c1ccc(OCc2ccnc(N3CCN(C4CN(C5CCN(c6ccc7c(c6)C(=O)N(C6CCC(=O)NC6=O)C7=O)C5)C4)CC3)n2)cc1)c1cc(Cl)cc(C#N)c1. The number of halogens is 1. The molecule has 1 N–H and O–H groups in total. The minimum Gasteiger partial charge on any atom is -0.487 e. The summed E-state index contributed by atoms with van der Waals surface area (Å²) in [7, 11) is 0. The highest BCUT2D eigenvalue weighted by Gasteiger charge is 2.45. The van der Waals surface area contributed by atoms with Gasteiger partial charge < -0.3 is 14.5 Å². The van der Waals surface area contributed by atoms with E-state index in [4.69, 9.17) is 21.3 Å². The van der Waals surface area contributed by atoms with Crippen LogP contribution in [0.4, 0.5) is 11.6 Å². The summed E-state index contributed by atoms with van der Waals surface area (Å²) in [6.07, 6.45) is 3.05. The summed E-state index contributed by atoms with van der Waals surface area (Å²) in [5.41, 5.74) is 4.56. The number of piperazine rings is 1. The number of anilines is 2. The van der Waals surface area contributed by atoms with Gasteiger partial charge in [0.1, 0.15) is 18.4 Å². The molecule has 0 spiro atoms. The number of piperidine rings is 1. The molecule has 4 fully saturated rings. The van der Waals surface area contributed by atoms with Gasteiger partial charge in [-0.3, -0.25) is 39.2 Å². The van der Waals surface area contributed by atoms with Crippen LogP contribution in [0, 0.1) is 11.3 Å². The first-order valence-electron chi connectivity index (χ1n) is 20.6. The molecule has 14 nitrogen and oxygen atoms in total. The molecule has 9 rings (SSSR count). The third-order valence-electron chi connectivity index (χ3n) is 12.9. The fraction of sp³-hybridized carbons (Fsp3) is 0.400. The van der Waals surface area contributed by atoms with Crippen LogP contribution in [-0.4, -0.2) is 119 Å². The lowest BCUT2D eigenvalue weighted by atomic mass is 9.78. The second-order valence-corrected chi connectivity index (χ2v) is 17.3. The molecule has 0 bridgehead atoms. The van der Waals surface area contributed by atoms with Gasteiger partial charge in [0.2, 0.25) is 17.8 Å². The molecule has 0 aliphatic carbocycles. The molecule has 4 saturated heterocycles. The van der Waals surface area contributed by atoms with Crippen LogP contribution < -0.4 is 19.9 Å². The van der Waals surface area contributed by atoms with Gasteiger partial charge in [-0.25, -0.2) is 9.97 Å². The van der Waals surface area contributed by atoms with E-state index in [0.717, 1.165) is 91.9 Å². The average molecular weight is 828 g/mol. The van der Waals surface area contributed by atoms with Crippen LogP contribution in [-0.2, 0) is 21.6 Å². The second kappa shape index (κ2) is 15.9. The molecule has 60 heavy (non-hydrogen) atoms. The summed E-state index contributed by atoms with van der Waals surface area (Å²) in [5, 5.41) is 12.2. The van der Waals surface area contributed by atoms with Crippen LogP contribution in [0.3, 0.4) is 0 Å². The molecule has 2 atom stereocenters. The Balaban J connectivity index is 0.732. The fourth-order valence-electron chi connectivity index (χ4n) is 9.16. The summed E-state index contributed by atoms with van der Waals surface area (Å²) in [6.45, 7) is 11.8. The zero-order chi connectivity index (χ0) is 41.7. The molecule has 0 radical (unpaired) electrons. The van der Waals surface area contributed by atoms with E-state index >= 15 is 0 Å². The zero-order valence-electron chi connectivity index (χ0n) is 33.6. The van der Waals surface area contributed by atoms with E-state index in [2.05, 4.69) is 49.8 Å². The standard InChI is InChI=1S/C45H46ClN9O5/c1-45(2,30-19-28(23-47)20-31(46)21-30)29-3-6-36(7-4-29)60-27-32-11-13-48-44(49-32)52-17-15-51(16-18-52)35-25-54(26-35)34-12-14-53(24-34)33-5-8-37-38(22-33)43(59)55(42(37)58)39-9-10-40(56)50-41(39)57/h3-8,11,13,19-22,34-35,39H,9-10,12,14-18,24-27H2,1-2H3,(H,50,56,57). The van der Waals surface area contributed by atoms with Crippen LogP contribution in [0.15, 0.2) is 72.9 Å². The molecule has 15 heteroatoms. The molecular weight excluding hydrogens is 782 g/mol. The van der Waals surface area contributed by atoms with Gasteiger partial charge in [0, 0.05) is 93.2 Å². The number of ether oxygens (including phenoxy) is 1. The van der Waals surface area contributed by atoms with Gasteiger partial charge in [0.25, 0.3) is 11.8 Å². The third-order valence-corrected chi connectivity index (χ3v) is 13.1. The number of nitrogens with one attached hydrogen (secondary N) is 1. The van der Waals surface area contributed by atoms with E-state index < -0.39 is 23.8 Å². The summed E-state index contributed by atoms with van der Waals surface area (Å²) in [6, 6.07) is 22.9. The Morgan fingerprint density at radius 1 is 0.817 bits per heavy atom. The Kier molecular flexibility index (Phi) is 10.5. The summed E-state index contributed by atoms with van der Waals surface area (Å²) >= 11 is 6.30. The van der Waals surface area contributed by atoms with E-state index in [1.54, 1.807) is 24.4 Å². The lowest BCUT2D eigenvalue weighted by Gasteiger charge is -2.50. The summed E-state index contributed by atoms with van der Waals surface area (Å²) in [4.78, 5) is 70.7. The lowest BCUT2D eigenvalue weighted by Crippen LogP contribution is -2.65. The number of imide groups is 2. The molecule has 4 aromatic rings. The first-order valence-corrected chi connectivity index (χ1v) is 20.9. The Morgan fingerprint density at radius 3 is 2.33 bits per heavy atom. The number of amides is 4. The van der Waals surface area contributed by atoms with Crippen LogP contribution in [0.2, 0.25) is 5.02 Å². The number of hydrogen-bond acceptors (Lipinski definition) is 12. The first-order chi connectivity index (χ1) is 28.9. The normalized spacial score (nSPS) is 21.5. The number of hydrogen-bond donors (Lipinski definition) is 1. The Morgan fingerprint density at radius 2 is 1.58 bits per heavy atom. The fourth-order valence-corrected chi connectivity index (χ4v) is 9.39. The van der Waals surface area contributed by atoms with Crippen molar-refractivity contribution in [3.8, 4) is 11.8 Å². The van der Waals surface area contributed by atoms with Crippen molar-refractivity contribution in [2.75, 3.05) is 62.2 Å². The van der Waals surface area contributed by atoms with Crippen molar-refractivity contribution in [2.24, 2.45) is 0 Å². The molecular formula is C45H46ClN9O5. The number of aromatic nitrogens is 2. The van der Waals surface area contributed by atoms with Gasteiger partial charge in [-0.2, -0.15) is 5.26 Å². The molecule has 2 unspecified atom stereocenters. The van der Waals surface area contributed by atoms with Crippen LogP contribution in [0.25, 0.3) is 0 Å². The predicted octanol–water partition coefficient (Wildman–Crippen LogP) is 4.39. The predicted molar refractivity (Wildman–Crippen MR) is 224 cm³/mol. The van der Waals surface area contributed by atoms with E-state index in [1.165, 1.54) is 0 Å². The second-order valence-electron chi connectivity index (χ2n) is 16.8. The number of nitrogens with zero attached hydrogens (tertiary/aromatic N) is 8. The number of nitriles is 1. The maximum absolute atomic E-state index is 13.4. The number of carbonyl (C=O) groups excluding carboxylic acids is 4. The lowest BCUT2D eigenvalue weighted by molar-refractivity contribution is -0.136. The zero-order valence-corrected chi connectivity index (χ0v) is 34.4. The number of carbonyl (C=O) groups is 4. The van der Waals surface area contributed by atoms with Gasteiger partial charge >= 0.3 is 0 Å². The van der Waals surface area contributed by atoms with Crippen LogP contribution >= 0.6 is 11.6 Å². The molecule has 0 saturated carbocycles. The molecule has 1 aromatic heterocycles. The van der Waals surface area contributed by atoms with Gasteiger partial charge in [-0.15, -0.1) is 0 Å². The average Bonchev–Trinajstić information content (AvgIpc) is 3.81. The molecule has 5 aliphatic heterocycles. The quantitative estimate of drug-likeness (QED) is 0.226. The topological polar surface area (TPSA) is 155 Å². The van der Waals surface area contributed by atoms with E-state index in [0.29, 0.717) is 46.4 Å². The van der Waals surface area contributed by atoms with Crippen molar-refractivity contribution in [1.29, 1.82) is 5.26 Å². The van der Waals surface area contributed by atoms with Crippen LogP contribution in [0.5, 0.6) is 5.75 Å². The molecule has 3 aromatic carbocycles. The van der Waals surface area contributed by atoms with Crippen molar-refractivity contribution in [3.63, 3.8) is 0 Å². The van der Waals surface area contributed by atoms with Crippen LogP contribution in [0.1, 0.15) is 76.2 Å². The summed E-state index contributed by atoms with van der Waals surface area (Å²) < 4.78 is 6.14. The Hall–Kier alpha value is -5.88. The highest BCUT2D eigenvalue weighted by atomic mass is 35.5. The van der Waals surface area contributed by atoms with Crippen molar-refractivity contribution in [1.82, 2.24) is 30.0 Å². The van der Waals surface area contributed by atoms with E-state index in [9.17, 15) is 24.4 Å². The molecule has 6 heterocycles. The summed E-state index contributed by atoms with van der Waals surface area (Å²) in [5.74, 6) is -0.499. The third kappa shape index (κ3) is 7.57. The first kappa shape index (κ1) is 39.6. The maximum atomic E-state index is 13.4. The van der Waals surface area contributed by atoms with E-state index in [1.807, 2.05) is 48.5 Å². The number of benzene rings is 3. The number of rotatable bonds is 10. The van der Waals surface area contributed by atoms with Crippen molar-refractivity contribution >= 4 is 46.9 Å². The smallest absolute Gasteiger partial charge is 0.262 e. The minimum absolute atomic E-state index is 0.0942. The minimum atomic E-state index is -0.971. The Bertz CT molecular complexity index is 2400. The van der Waals surface area contributed by atoms with Crippen molar-refractivity contribution in [3.05, 3.63) is 111 Å². The highest BCUT2D eigenvalue weighted by Crippen LogP contribution is 2.36. The highest BCUT2D eigenvalue weighted by molar-refractivity contribution is 6.30. The molecule has 308 valence electrons.